The number of hydrogen-bond donors (Lipinski definition) is 1. The van der Waals surface area contributed by atoms with Crippen molar-refractivity contribution in [3.8, 4) is 11.5 Å². The molecule has 0 aliphatic carbocycles. The van der Waals surface area contributed by atoms with E-state index in [1.165, 1.54) is 38.4 Å². The first-order chi connectivity index (χ1) is 17.3. The molecule has 11 heteroatoms. The molecule has 8 nitrogen and oxygen atoms in total. The summed E-state index contributed by atoms with van der Waals surface area (Å²) in [5.74, 6) is -2.41. The predicted molar refractivity (Wildman–Crippen MR) is 128 cm³/mol. The lowest BCUT2D eigenvalue weighted by Crippen LogP contribution is -2.41. The third-order valence-electron chi connectivity index (χ3n) is 5.31. The highest BCUT2D eigenvalue weighted by molar-refractivity contribution is 5.98. The highest BCUT2D eigenvalue weighted by Crippen LogP contribution is 2.30. The van der Waals surface area contributed by atoms with Gasteiger partial charge in [-0.2, -0.15) is 13.2 Å². The lowest BCUT2D eigenvalue weighted by molar-refractivity contribution is -0.150. The van der Waals surface area contributed by atoms with Crippen LogP contribution in [0.15, 0.2) is 49.2 Å². The number of amides is 1. The Bertz CT molecular complexity index is 1120. The summed E-state index contributed by atoms with van der Waals surface area (Å²) in [4.78, 5) is 40.6. The number of carbonyl (C=O) groups excluding carboxylic acids is 3. The summed E-state index contributed by atoms with van der Waals surface area (Å²) >= 11 is 0. The van der Waals surface area contributed by atoms with Crippen LogP contribution in [0.4, 0.5) is 13.2 Å². The number of benzene rings is 1. The largest absolute Gasteiger partial charge is 0.493 e. The highest BCUT2D eigenvalue weighted by atomic mass is 19.4. The first-order valence-electron chi connectivity index (χ1n) is 11.4. The number of esters is 2. The van der Waals surface area contributed by atoms with Crippen molar-refractivity contribution in [2.45, 2.75) is 51.9 Å². The van der Waals surface area contributed by atoms with Gasteiger partial charge in [-0.15, -0.1) is 6.58 Å². The molecule has 1 heterocycles. The SMILES string of the molecule is C=C[C@H](Cc1ccc(C(F)(F)F)cc1)C[C@H](C)OC(=O)[C@H](C)NC(=O)c1nccc(OC)c1OC(C)=O. The fourth-order valence-corrected chi connectivity index (χ4v) is 3.49. The van der Waals surface area contributed by atoms with E-state index in [0.29, 0.717) is 18.4 Å². The van der Waals surface area contributed by atoms with Gasteiger partial charge < -0.3 is 19.5 Å². The minimum atomic E-state index is -4.41. The number of nitrogens with one attached hydrogen (secondary N) is 1. The van der Waals surface area contributed by atoms with Crippen LogP contribution in [0.3, 0.4) is 0 Å². The van der Waals surface area contributed by atoms with Crippen LogP contribution in [0.1, 0.15) is 48.8 Å². The van der Waals surface area contributed by atoms with E-state index in [9.17, 15) is 27.6 Å². The van der Waals surface area contributed by atoms with E-state index in [1.54, 1.807) is 13.0 Å². The monoisotopic (exact) mass is 522 g/mol. The molecule has 0 bridgehead atoms. The molecule has 0 spiro atoms. The number of rotatable bonds is 11. The molecule has 1 amide bonds. The van der Waals surface area contributed by atoms with Crippen molar-refractivity contribution in [3.05, 3.63) is 66.0 Å². The van der Waals surface area contributed by atoms with Crippen molar-refractivity contribution in [2.75, 3.05) is 7.11 Å². The van der Waals surface area contributed by atoms with Crippen molar-refractivity contribution >= 4 is 17.8 Å². The standard InChI is InChI=1S/C26H29F3N2O6/c1-6-18(14-19-7-9-20(10-8-19)26(27,28)29)13-15(2)36-25(34)16(3)31-24(33)22-23(37-17(4)32)21(35-5)11-12-30-22/h6-12,15-16,18H,1,13-14H2,2-5H3,(H,31,33)/t15-,16-,18-/m0/s1. The van der Waals surface area contributed by atoms with Crippen LogP contribution in [0.25, 0.3) is 0 Å². The third kappa shape index (κ3) is 8.62. The average molecular weight is 523 g/mol. The Balaban J connectivity index is 1.97. The Morgan fingerprint density at radius 1 is 1.14 bits per heavy atom. The smallest absolute Gasteiger partial charge is 0.416 e. The Kier molecular flexibility index (Phi) is 10.2. The Morgan fingerprint density at radius 2 is 1.78 bits per heavy atom. The Labute approximate surface area is 212 Å². The van der Waals surface area contributed by atoms with Crippen molar-refractivity contribution in [1.29, 1.82) is 0 Å². The van der Waals surface area contributed by atoms with Crippen LogP contribution in [0, 0.1) is 5.92 Å². The second kappa shape index (κ2) is 12.9. The molecule has 0 saturated carbocycles. The molecule has 200 valence electrons. The lowest BCUT2D eigenvalue weighted by atomic mass is 9.93. The second-order valence-corrected chi connectivity index (χ2v) is 8.36. The molecular formula is C26H29F3N2O6. The lowest BCUT2D eigenvalue weighted by Gasteiger charge is -2.21. The summed E-state index contributed by atoms with van der Waals surface area (Å²) in [6.45, 7) is 8.01. The van der Waals surface area contributed by atoms with Crippen molar-refractivity contribution in [2.24, 2.45) is 5.92 Å². The van der Waals surface area contributed by atoms with Gasteiger partial charge in [-0.05, 0) is 50.3 Å². The van der Waals surface area contributed by atoms with E-state index in [-0.39, 0.29) is 23.1 Å². The summed E-state index contributed by atoms with van der Waals surface area (Å²) in [5.41, 5.74) is -0.286. The summed E-state index contributed by atoms with van der Waals surface area (Å²) in [6.07, 6.45) is -1.26. The van der Waals surface area contributed by atoms with E-state index >= 15 is 0 Å². The fraction of sp³-hybridized carbons (Fsp3) is 0.385. The van der Waals surface area contributed by atoms with Gasteiger partial charge in [-0.3, -0.25) is 9.59 Å². The van der Waals surface area contributed by atoms with Gasteiger partial charge in [-0.25, -0.2) is 9.78 Å². The number of alkyl halides is 3. The molecule has 2 rings (SSSR count). The Hall–Kier alpha value is -3.89. The zero-order chi connectivity index (χ0) is 27.8. The molecule has 0 radical (unpaired) electrons. The number of pyridine rings is 1. The molecule has 0 unspecified atom stereocenters. The molecule has 0 fully saturated rings. The summed E-state index contributed by atoms with van der Waals surface area (Å²) in [5, 5.41) is 2.46. The molecule has 2 aromatic rings. The topological polar surface area (TPSA) is 104 Å². The normalized spacial score (nSPS) is 13.6. The molecule has 1 aromatic carbocycles. The molecule has 1 aromatic heterocycles. The van der Waals surface area contributed by atoms with E-state index < -0.39 is 41.7 Å². The molecule has 37 heavy (non-hydrogen) atoms. The number of aromatic nitrogens is 1. The number of carbonyl (C=O) groups is 3. The summed E-state index contributed by atoms with van der Waals surface area (Å²) in [7, 11) is 1.33. The van der Waals surface area contributed by atoms with Crippen molar-refractivity contribution < 1.29 is 41.8 Å². The van der Waals surface area contributed by atoms with Crippen LogP contribution < -0.4 is 14.8 Å². The molecular weight excluding hydrogens is 493 g/mol. The van der Waals surface area contributed by atoms with Gasteiger partial charge >= 0.3 is 18.1 Å². The minimum absolute atomic E-state index is 0.114. The van der Waals surface area contributed by atoms with Gasteiger partial charge in [0.25, 0.3) is 5.91 Å². The van der Waals surface area contributed by atoms with Crippen LogP contribution in [0.2, 0.25) is 0 Å². The van der Waals surface area contributed by atoms with Crippen LogP contribution in [0.5, 0.6) is 11.5 Å². The maximum absolute atomic E-state index is 12.8. The maximum atomic E-state index is 12.8. The quantitative estimate of drug-likeness (QED) is 0.342. The van der Waals surface area contributed by atoms with Crippen molar-refractivity contribution in [3.63, 3.8) is 0 Å². The van der Waals surface area contributed by atoms with E-state index in [2.05, 4.69) is 16.9 Å². The first-order valence-corrected chi connectivity index (χ1v) is 11.4. The molecule has 0 saturated heterocycles. The van der Waals surface area contributed by atoms with Gasteiger partial charge in [0.15, 0.2) is 11.4 Å². The summed E-state index contributed by atoms with van der Waals surface area (Å²) < 4.78 is 53.9. The maximum Gasteiger partial charge on any atom is 0.416 e. The van der Waals surface area contributed by atoms with Crippen LogP contribution >= 0.6 is 0 Å². The first kappa shape index (κ1) is 29.3. The fourth-order valence-electron chi connectivity index (χ4n) is 3.49. The number of allylic oxidation sites excluding steroid dienone is 1. The predicted octanol–water partition coefficient (Wildman–Crippen LogP) is 4.52. The number of methoxy groups -OCH3 is 1. The Morgan fingerprint density at radius 3 is 2.32 bits per heavy atom. The van der Waals surface area contributed by atoms with Gasteiger partial charge in [0, 0.05) is 19.2 Å². The zero-order valence-corrected chi connectivity index (χ0v) is 20.9. The minimum Gasteiger partial charge on any atom is -0.493 e. The van der Waals surface area contributed by atoms with Crippen LogP contribution in [-0.4, -0.2) is 42.1 Å². The molecule has 3 atom stereocenters. The van der Waals surface area contributed by atoms with Gasteiger partial charge in [0.2, 0.25) is 5.75 Å². The average Bonchev–Trinajstić information content (AvgIpc) is 2.82. The second-order valence-electron chi connectivity index (χ2n) is 8.36. The number of nitrogens with zero attached hydrogens (tertiary/aromatic N) is 1. The number of hydrogen-bond acceptors (Lipinski definition) is 7. The number of halogens is 3. The number of ether oxygens (including phenoxy) is 3. The van der Waals surface area contributed by atoms with E-state index in [0.717, 1.165) is 19.1 Å². The summed E-state index contributed by atoms with van der Waals surface area (Å²) in [6, 6.07) is 5.20. The highest BCUT2D eigenvalue weighted by Gasteiger charge is 2.30. The van der Waals surface area contributed by atoms with Gasteiger partial charge in [-0.1, -0.05) is 18.2 Å². The van der Waals surface area contributed by atoms with E-state index in [1.807, 2.05) is 0 Å². The molecule has 0 aliphatic rings. The van der Waals surface area contributed by atoms with Crippen LogP contribution in [-0.2, 0) is 26.9 Å². The molecule has 0 aliphatic heterocycles. The zero-order valence-electron chi connectivity index (χ0n) is 20.9. The van der Waals surface area contributed by atoms with Gasteiger partial charge in [0.05, 0.1) is 18.8 Å². The van der Waals surface area contributed by atoms with Gasteiger partial charge in [0.1, 0.15) is 6.04 Å². The van der Waals surface area contributed by atoms with Crippen molar-refractivity contribution in [1.82, 2.24) is 10.3 Å². The van der Waals surface area contributed by atoms with E-state index in [4.69, 9.17) is 14.2 Å². The third-order valence-corrected chi connectivity index (χ3v) is 5.31. The molecule has 1 N–H and O–H groups in total.